The Morgan fingerprint density at radius 2 is 1.86 bits per heavy atom. The molecule has 3 aromatic rings. The number of benzene rings is 2. The average Bonchev–Trinajstić information content (AvgIpc) is 3.19. The molecule has 0 saturated heterocycles. The van der Waals surface area contributed by atoms with Gasteiger partial charge < -0.3 is 19.5 Å². The molecule has 0 bridgehead atoms. The van der Waals surface area contributed by atoms with E-state index in [9.17, 15) is 4.79 Å². The van der Waals surface area contributed by atoms with E-state index in [-0.39, 0.29) is 5.91 Å². The molecule has 7 heteroatoms. The lowest BCUT2D eigenvalue weighted by Gasteiger charge is -2.12. The number of carbonyl (C=O) groups excluding carboxylic acids is 1. The second-order valence-electron chi connectivity index (χ2n) is 6.44. The predicted octanol–water partition coefficient (Wildman–Crippen LogP) is 4.72. The Morgan fingerprint density at radius 3 is 2.59 bits per heavy atom. The number of hydrogen-bond donors (Lipinski definition) is 1. The number of hydrogen-bond acceptors (Lipinski definition) is 6. The number of rotatable bonds is 8. The molecule has 1 amide bonds. The van der Waals surface area contributed by atoms with Crippen molar-refractivity contribution in [3.05, 3.63) is 52.9 Å². The Hall–Kier alpha value is -3.06. The summed E-state index contributed by atoms with van der Waals surface area (Å²) in [6.45, 7) is 2.02. The number of methoxy groups -OCH3 is 3. The van der Waals surface area contributed by atoms with E-state index in [2.05, 4.69) is 10.3 Å². The van der Waals surface area contributed by atoms with Crippen LogP contribution in [0.4, 0.5) is 5.13 Å². The molecule has 0 saturated carbocycles. The quantitative estimate of drug-likeness (QED) is 0.580. The second-order valence-corrected chi connectivity index (χ2v) is 7.30. The molecular formula is C22H24N2O4S. The van der Waals surface area contributed by atoms with Crippen LogP contribution in [-0.2, 0) is 11.2 Å². The van der Waals surface area contributed by atoms with Crippen molar-refractivity contribution in [2.24, 2.45) is 0 Å². The molecule has 0 fully saturated rings. The average molecular weight is 413 g/mol. The molecule has 1 N–H and O–H groups in total. The van der Waals surface area contributed by atoms with E-state index in [1.165, 1.54) is 11.3 Å². The lowest BCUT2D eigenvalue weighted by molar-refractivity contribution is -0.116. The molecule has 152 valence electrons. The van der Waals surface area contributed by atoms with Gasteiger partial charge >= 0.3 is 0 Å². The van der Waals surface area contributed by atoms with Gasteiger partial charge in [0.1, 0.15) is 5.75 Å². The minimum atomic E-state index is -0.105. The molecule has 1 heterocycles. The van der Waals surface area contributed by atoms with Gasteiger partial charge in [-0.15, -0.1) is 11.3 Å². The van der Waals surface area contributed by atoms with E-state index >= 15 is 0 Å². The number of carbonyl (C=O) groups is 1. The van der Waals surface area contributed by atoms with E-state index in [0.717, 1.165) is 28.1 Å². The number of nitrogens with zero attached hydrogens (tertiary/aromatic N) is 1. The van der Waals surface area contributed by atoms with Gasteiger partial charge in [-0.05, 0) is 37.1 Å². The van der Waals surface area contributed by atoms with Crippen molar-refractivity contribution in [1.82, 2.24) is 4.98 Å². The van der Waals surface area contributed by atoms with Crippen LogP contribution >= 0.6 is 11.3 Å². The third-order valence-corrected chi connectivity index (χ3v) is 5.25. The minimum Gasteiger partial charge on any atom is -0.496 e. The lowest BCUT2D eigenvalue weighted by Crippen LogP contribution is -2.12. The Balaban J connectivity index is 1.67. The summed E-state index contributed by atoms with van der Waals surface area (Å²) in [6, 6.07) is 11.6. The molecule has 0 atom stereocenters. The number of thiazole rings is 1. The standard InChI is InChI=1S/C22H24N2O4S/c1-14-8-10-18(26-2)16(12-14)17-13-29-22(23-17)24-20(25)11-9-15-6-5-7-19(27-3)21(15)28-4/h5-8,10,12-13H,9,11H2,1-4H3,(H,23,24,25). The zero-order valence-corrected chi connectivity index (χ0v) is 17.8. The number of amides is 1. The fourth-order valence-electron chi connectivity index (χ4n) is 3.06. The summed E-state index contributed by atoms with van der Waals surface area (Å²) >= 11 is 1.39. The summed E-state index contributed by atoms with van der Waals surface area (Å²) < 4.78 is 16.2. The largest absolute Gasteiger partial charge is 0.496 e. The van der Waals surface area contributed by atoms with Crippen LogP contribution in [0.5, 0.6) is 17.2 Å². The molecule has 0 radical (unpaired) electrons. The molecule has 0 unspecified atom stereocenters. The highest BCUT2D eigenvalue weighted by molar-refractivity contribution is 7.14. The van der Waals surface area contributed by atoms with Gasteiger partial charge in [-0.2, -0.15) is 0 Å². The Bertz CT molecular complexity index is 1000. The number of aryl methyl sites for hydroxylation is 2. The lowest BCUT2D eigenvalue weighted by atomic mass is 10.1. The minimum absolute atomic E-state index is 0.105. The van der Waals surface area contributed by atoms with Crippen LogP contribution in [0.15, 0.2) is 41.8 Å². The Kier molecular flexibility index (Phi) is 6.72. The van der Waals surface area contributed by atoms with Gasteiger partial charge in [0.15, 0.2) is 16.6 Å². The van der Waals surface area contributed by atoms with Gasteiger partial charge in [0.25, 0.3) is 0 Å². The monoisotopic (exact) mass is 412 g/mol. The molecule has 0 aliphatic heterocycles. The smallest absolute Gasteiger partial charge is 0.226 e. The van der Waals surface area contributed by atoms with Crippen molar-refractivity contribution in [3.8, 4) is 28.5 Å². The van der Waals surface area contributed by atoms with Crippen molar-refractivity contribution in [2.45, 2.75) is 19.8 Å². The first-order chi connectivity index (χ1) is 14.0. The van der Waals surface area contributed by atoms with E-state index in [0.29, 0.717) is 29.5 Å². The number of nitrogens with one attached hydrogen (secondary N) is 1. The van der Waals surface area contributed by atoms with Gasteiger partial charge in [-0.25, -0.2) is 4.98 Å². The third kappa shape index (κ3) is 4.86. The second kappa shape index (κ2) is 9.43. The first kappa shape index (κ1) is 20.7. The highest BCUT2D eigenvalue weighted by Gasteiger charge is 2.14. The van der Waals surface area contributed by atoms with Gasteiger partial charge in [-0.1, -0.05) is 23.8 Å². The molecule has 0 spiro atoms. The number of aromatic nitrogens is 1. The zero-order valence-electron chi connectivity index (χ0n) is 16.9. The van der Waals surface area contributed by atoms with Gasteiger partial charge in [-0.3, -0.25) is 4.79 Å². The van der Waals surface area contributed by atoms with Crippen molar-refractivity contribution in [2.75, 3.05) is 26.6 Å². The normalized spacial score (nSPS) is 10.5. The van der Waals surface area contributed by atoms with Crippen molar-refractivity contribution in [3.63, 3.8) is 0 Å². The fourth-order valence-corrected chi connectivity index (χ4v) is 3.78. The van der Waals surface area contributed by atoms with E-state index in [4.69, 9.17) is 14.2 Å². The van der Waals surface area contributed by atoms with Crippen LogP contribution in [-0.4, -0.2) is 32.2 Å². The molecule has 0 aliphatic carbocycles. The van der Waals surface area contributed by atoms with Crippen LogP contribution in [0.1, 0.15) is 17.5 Å². The summed E-state index contributed by atoms with van der Waals surface area (Å²) in [7, 11) is 4.83. The summed E-state index contributed by atoms with van der Waals surface area (Å²) in [4.78, 5) is 17.0. The fraction of sp³-hybridized carbons (Fsp3) is 0.273. The number of anilines is 1. The molecule has 3 rings (SSSR count). The summed E-state index contributed by atoms with van der Waals surface area (Å²) in [5.41, 5.74) is 3.73. The van der Waals surface area contributed by atoms with Gasteiger partial charge in [0.2, 0.25) is 5.91 Å². The number of ether oxygens (including phenoxy) is 3. The molecule has 2 aromatic carbocycles. The Labute approximate surface area is 174 Å². The molecule has 1 aromatic heterocycles. The van der Waals surface area contributed by atoms with E-state index < -0.39 is 0 Å². The topological polar surface area (TPSA) is 69.7 Å². The van der Waals surface area contributed by atoms with Gasteiger partial charge in [0, 0.05) is 17.4 Å². The van der Waals surface area contributed by atoms with Crippen LogP contribution < -0.4 is 19.5 Å². The van der Waals surface area contributed by atoms with E-state index in [1.54, 1.807) is 21.3 Å². The van der Waals surface area contributed by atoms with Crippen LogP contribution in [0, 0.1) is 6.92 Å². The molecule has 29 heavy (non-hydrogen) atoms. The first-order valence-corrected chi connectivity index (χ1v) is 10.0. The van der Waals surface area contributed by atoms with Crippen molar-refractivity contribution in [1.29, 1.82) is 0 Å². The summed E-state index contributed by atoms with van der Waals surface area (Å²) in [6.07, 6.45) is 0.850. The van der Waals surface area contributed by atoms with Crippen LogP contribution in [0.2, 0.25) is 0 Å². The van der Waals surface area contributed by atoms with Crippen LogP contribution in [0.3, 0.4) is 0 Å². The maximum atomic E-state index is 12.4. The maximum absolute atomic E-state index is 12.4. The van der Waals surface area contributed by atoms with Crippen molar-refractivity contribution < 1.29 is 19.0 Å². The Morgan fingerprint density at radius 1 is 1.07 bits per heavy atom. The molecule has 6 nitrogen and oxygen atoms in total. The molecule has 0 aliphatic rings. The zero-order chi connectivity index (χ0) is 20.8. The molecular weight excluding hydrogens is 388 g/mol. The third-order valence-electron chi connectivity index (χ3n) is 4.49. The van der Waals surface area contributed by atoms with Crippen molar-refractivity contribution >= 4 is 22.4 Å². The predicted molar refractivity (Wildman–Crippen MR) is 115 cm³/mol. The SMILES string of the molecule is COc1ccc(C)cc1-c1csc(NC(=O)CCc2cccc(OC)c2OC)n1. The van der Waals surface area contributed by atoms with Crippen LogP contribution in [0.25, 0.3) is 11.3 Å². The maximum Gasteiger partial charge on any atom is 0.226 e. The summed E-state index contributed by atoms with van der Waals surface area (Å²) in [5, 5.41) is 5.35. The highest BCUT2D eigenvalue weighted by Crippen LogP contribution is 2.33. The highest BCUT2D eigenvalue weighted by atomic mass is 32.1. The van der Waals surface area contributed by atoms with E-state index in [1.807, 2.05) is 48.7 Å². The first-order valence-electron chi connectivity index (χ1n) is 9.16. The number of para-hydroxylation sites is 1. The summed E-state index contributed by atoms with van der Waals surface area (Å²) in [5.74, 6) is 1.96. The van der Waals surface area contributed by atoms with Gasteiger partial charge in [0.05, 0.1) is 27.0 Å².